The number of carboxylic acid groups (broad SMARTS) is 1. The second-order valence-corrected chi connectivity index (χ2v) is 4.84. The van der Waals surface area contributed by atoms with Crippen LogP contribution in [-0.4, -0.2) is 29.8 Å². The van der Waals surface area contributed by atoms with Crippen molar-refractivity contribution in [2.75, 3.05) is 7.11 Å². The molecule has 0 saturated heterocycles. The molecule has 0 aromatic heterocycles. The summed E-state index contributed by atoms with van der Waals surface area (Å²) in [7, 11) is 1.56. The van der Waals surface area contributed by atoms with Gasteiger partial charge in [-0.2, -0.15) is 0 Å². The Labute approximate surface area is 116 Å². The Kier molecular flexibility index (Phi) is 4.17. The van der Waals surface area contributed by atoms with Gasteiger partial charge in [0, 0.05) is 12.0 Å². The predicted molar refractivity (Wildman–Crippen MR) is 71.0 cm³/mol. The first-order valence-electron chi connectivity index (χ1n) is 6.48. The molecular weight excluding hydrogens is 260 g/mol. The SMILES string of the molecule is COc1ccc2c(c1)CCC(C(=O)CCC(=O)O)C2=O. The summed E-state index contributed by atoms with van der Waals surface area (Å²) in [4.78, 5) is 34.7. The Bertz CT molecular complexity index is 561. The van der Waals surface area contributed by atoms with Crippen LogP contribution >= 0.6 is 0 Å². The van der Waals surface area contributed by atoms with Crippen molar-refractivity contribution in [2.24, 2.45) is 5.92 Å². The maximum absolute atomic E-state index is 12.3. The minimum absolute atomic E-state index is 0.0861. The number of carboxylic acids is 1. The minimum Gasteiger partial charge on any atom is -0.497 e. The molecule has 0 heterocycles. The largest absolute Gasteiger partial charge is 0.497 e. The molecule has 1 aliphatic rings. The average Bonchev–Trinajstić information content (AvgIpc) is 2.44. The molecule has 0 aliphatic heterocycles. The molecule has 2 rings (SSSR count). The van der Waals surface area contributed by atoms with Gasteiger partial charge in [-0.25, -0.2) is 0 Å². The number of benzene rings is 1. The van der Waals surface area contributed by atoms with Crippen LogP contribution in [0.3, 0.4) is 0 Å². The lowest BCUT2D eigenvalue weighted by Crippen LogP contribution is -2.29. The van der Waals surface area contributed by atoms with E-state index in [4.69, 9.17) is 9.84 Å². The van der Waals surface area contributed by atoms with E-state index < -0.39 is 11.9 Å². The lowest BCUT2D eigenvalue weighted by molar-refractivity contribution is -0.138. The third kappa shape index (κ3) is 2.87. The number of ether oxygens (including phenoxy) is 1. The number of ketones is 2. The van der Waals surface area contributed by atoms with Gasteiger partial charge in [0.05, 0.1) is 19.4 Å². The lowest BCUT2D eigenvalue weighted by Gasteiger charge is -2.22. The maximum atomic E-state index is 12.3. The molecule has 1 N–H and O–H groups in total. The van der Waals surface area contributed by atoms with E-state index in [9.17, 15) is 14.4 Å². The number of carbonyl (C=O) groups excluding carboxylic acids is 2. The van der Waals surface area contributed by atoms with Crippen molar-refractivity contribution < 1.29 is 24.2 Å². The summed E-state index contributed by atoms with van der Waals surface area (Å²) < 4.78 is 5.11. The Morgan fingerprint density at radius 2 is 2.10 bits per heavy atom. The Morgan fingerprint density at radius 3 is 2.75 bits per heavy atom. The molecule has 106 valence electrons. The Balaban J connectivity index is 2.15. The van der Waals surface area contributed by atoms with Gasteiger partial charge in [-0.15, -0.1) is 0 Å². The standard InChI is InChI=1S/C15H16O5/c1-20-10-3-5-11-9(8-10)2-4-12(15(11)19)13(16)6-7-14(17)18/h3,5,8,12H,2,4,6-7H2,1H3,(H,17,18). The fraction of sp³-hybridized carbons (Fsp3) is 0.400. The van der Waals surface area contributed by atoms with Gasteiger partial charge >= 0.3 is 5.97 Å². The van der Waals surface area contributed by atoms with E-state index in [0.29, 0.717) is 24.2 Å². The van der Waals surface area contributed by atoms with Crippen LogP contribution in [0.4, 0.5) is 0 Å². The van der Waals surface area contributed by atoms with E-state index in [1.165, 1.54) is 0 Å². The van der Waals surface area contributed by atoms with Crippen LogP contribution < -0.4 is 4.74 Å². The summed E-state index contributed by atoms with van der Waals surface area (Å²) in [6.45, 7) is 0. The van der Waals surface area contributed by atoms with Crippen LogP contribution in [0.15, 0.2) is 18.2 Å². The number of rotatable bonds is 5. The van der Waals surface area contributed by atoms with Crippen molar-refractivity contribution in [1.29, 1.82) is 0 Å². The highest BCUT2D eigenvalue weighted by molar-refractivity contribution is 6.12. The molecular formula is C15H16O5. The summed E-state index contributed by atoms with van der Waals surface area (Å²) >= 11 is 0. The summed E-state index contributed by atoms with van der Waals surface area (Å²) in [5, 5.41) is 8.59. The van der Waals surface area contributed by atoms with E-state index >= 15 is 0 Å². The summed E-state index contributed by atoms with van der Waals surface area (Å²) in [6, 6.07) is 5.18. The molecule has 1 unspecified atom stereocenters. The molecule has 5 heteroatoms. The van der Waals surface area contributed by atoms with Gasteiger partial charge in [0.2, 0.25) is 0 Å². The highest BCUT2D eigenvalue weighted by Gasteiger charge is 2.32. The topological polar surface area (TPSA) is 80.7 Å². The van der Waals surface area contributed by atoms with Crippen LogP contribution in [-0.2, 0) is 16.0 Å². The zero-order valence-electron chi connectivity index (χ0n) is 11.2. The van der Waals surface area contributed by atoms with Crippen molar-refractivity contribution in [2.45, 2.75) is 25.7 Å². The molecule has 1 aromatic rings. The van der Waals surface area contributed by atoms with E-state index in [0.717, 1.165) is 5.56 Å². The molecule has 20 heavy (non-hydrogen) atoms. The average molecular weight is 276 g/mol. The quantitative estimate of drug-likeness (QED) is 0.830. The van der Waals surface area contributed by atoms with Gasteiger partial charge in [-0.1, -0.05) is 0 Å². The molecule has 0 spiro atoms. The van der Waals surface area contributed by atoms with Crippen LogP contribution in [0.2, 0.25) is 0 Å². The monoisotopic (exact) mass is 276 g/mol. The number of hydrogen-bond acceptors (Lipinski definition) is 4. The molecule has 1 aromatic carbocycles. The van der Waals surface area contributed by atoms with Gasteiger partial charge in [-0.05, 0) is 36.6 Å². The first-order valence-corrected chi connectivity index (χ1v) is 6.48. The fourth-order valence-corrected chi connectivity index (χ4v) is 2.47. The molecule has 1 aliphatic carbocycles. The summed E-state index contributed by atoms with van der Waals surface area (Å²) in [5.74, 6) is -1.52. The van der Waals surface area contributed by atoms with Gasteiger partial charge in [0.25, 0.3) is 0 Å². The fourth-order valence-electron chi connectivity index (χ4n) is 2.47. The smallest absolute Gasteiger partial charge is 0.303 e. The van der Waals surface area contributed by atoms with Gasteiger partial charge < -0.3 is 9.84 Å². The first-order chi connectivity index (χ1) is 9.52. The number of fused-ring (bicyclic) bond motifs is 1. The number of aryl methyl sites for hydroxylation is 1. The molecule has 0 bridgehead atoms. The lowest BCUT2D eigenvalue weighted by atomic mass is 9.79. The third-order valence-electron chi connectivity index (χ3n) is 3.57. The highest BCUT2D eigenvalue weighted by atomic mass is 16.5. The van der Waals surface area contributed by atoms with Crippen LogP contribution in [0.25, 0.3) is 0 Å². The Hall–Kier alpha value is -2.17. The van der Waals surface area contributed by atoms with Crippen molar-refractivity contribution >= 4 is 17.5 Å². The van der Waals surface area contributed by atoms with Crippen molar-refractivity contribution in [3.63, 3.8) is 0 Å². The normalized spacial score (nSPS) is 17.4. The third-order valence-corrected chi connectivity index (χ3v) is 3.57. The van der Waals surface area contributed by atoms with Crippen molar-refractivity contribution in [1.82, 2.24) is 0 Å². The van der Waals surface area contributed by atoms with Gasteiger partial charge in [0.15, 0.2) is 5.78 Å². The van der Waals surface area contributed by atoms with Crippen molar-refractivity contribution in [3.8, 4) is 5.75 Å². The molecule has 0 radical (unpaired) electrons. The molecule has 1 atom stereocenters. The van der Waals surface area contributed by atoms with Crippen LogP contribution in [0.5, 0.6) is 5.75 Å². The summed E-state index contributed by atoms with van der Waals surface area (Å²) in [5.41, 5.74) is 1.43. The maximum Gasteiger partial charge on any atom is 0.303 e. The second-order valence-electron chi connectivity index (χ2n) is 4.84. The number of methoxy groups -OCH3 is 1. The zero-order valence-corrected chi connectivity index (χ0v) is 11.2. The number of carbonyl (C=O) groups is 3. The molecule has 0 saturated carbocycles. The van der Waals surface area contributed by atoms with E-state index in [2.05, 4.69) is 0 Å². The zero-order chi connectivity index (χ0) is 14.7. The van der Waals surface area contributed by atoms with Crippen LogP contribution in [0, 0.1) is 5.92 Å². The van der Waals surface area contributed by atoms with E-state index in [1.54, 1.807) is 19.2 Å². The van der Waals surface area contributed by atoms with Gasteiger partial charge in [0.1, 0.15) is 11.5 Å². The number of Topliss-reactive ketones (excluding diaryl/α,β-unsaturated/α-hetero) is 2. The Morgan fingerprint density at radius 1 is 1.35 bits per heavy atom. The molecule has 0 amide bonds. The highest BCUT2D eigenvalue weighted by Crippen LogP contribution is 2.29. The molecule has 0 fully saturated rings. The number of aliphatic carboxylic acids is 1. The number of hydrogen-bond donors (Lipinski definition) is 1. The molecule has 5 nitrogen and oxygen atoms in total. The van der Waals surface area contributed by atoms with Gasteiger partial charge in [-0.3, -0.25) is 14.4 Å². The van der Waals surface area contributed by atoms with E-state index in [-0.39, 0.29) is 24.4 Å². The first kappa shape index (κ1) is 14.2. The summed E-state index contributed by atoms with van der Waals surface area (Å²) in [6.07, 6.45) is 0.758. The second kappa shape index (κ2) is 5.86. The minimum atomic E-state index is -1.02. The predicted octanol–water partition coefficient (Wildman–Crippen LogP) is 1.87. The van der Waals surface area contributed by atoms with E-state index in [1.807, 2.05) is 6.07 Å². The van der Waals surface area contributed by atoms with Crippen molar-refractivity contribution in [3.05, 3.63) is 29.3 Å². The van der Waals surface area contributed by atoms with Crippen LogP contribution in [0.1, 0.15) is 35.2 Å².